The molecule has 1 aromatic heterocycles. The van der Waals surface area contributed by atoms with Gasteiger partial charge >= 0.3 is 11.0 Å². The monoisotopic (exact) mass is 514 g/mol. The van der Waals surface area contributed by atoms with Gasteiger partial charge in [0.1, 0.15) is 22.1 Å². The molecule has 0 aliphatic rings. The zero-order chi connectivity index (χ0) is 24.8. The van der Waals surface area contributed by atoms with E-state index in [0.717, 1.165) is 12.1 Å². The van der Waals surface area contributed by atoms with E-state index < -0.39 is 43.2 Å². The van der Waals surface area contributed by atoms with Crippen molar-refractivity contribution in [2.45, 2.75) is 11.0 Å². The molecule has 3 nitrogen and oxygen atoms in total. The highest BCUT2D eigenvalue weighted by atomic mass is 32.2. The predicted molar refractivity (Wildman–Crippen MR) is 106 cm³/mol. The van der Waals surface area contributed by atoms with E-state index in [1.54, 1.807) is 12.1 Å². The summed E-state index contributed by atoms with van der Waals surface area (Å²) in [6.07, 6.45) is 0. The van der Waals surface area contributed by atoms with Crippen LogP contribution in [0.2, 0.25) is 0 Å². The summed E-state index contributed by atoms with van der Waals surface area (Å²) in [5.41, 5.74) is -9.61. The van der Waals surface area contributed by atoms with E-state index in [2.05, 4.69) is 0 Å². The molecule has 176 valence electrons. The van der Waals surface area contributed by atoms with Crippen molar-refractivity contribution < 1.29 is 48.1 Å². The van der Waals surface area contributed by atoms with E-state index in [0.29, 0.717) is 5.56 Å². The van der Waals surface area contributed by atoms with Gasteiger partial charge in [-0.15, -0.1) is 13.2 Å². The molecular formula is C20H10F8O3S2. The first-order valence-corrected chi connectivity index (χ1v) is 11.3. The molecule has 0 fully saturated rings. The highest BCUT2D eigenvalue weighted by Crippen LogP contribution is 2.55. The highest BCUT2D eigenvalue weighted by molar-refractivity contribution is 7.86. The third-order valence-electron chi connectivity index (χ3n) is 4.36. The number of hydrogen-bond acceptors (Lipinski definition) is 3. The van der Waals surface area contributed by atoms with Gasteiger partial charge in [-0.2, -0.15) is 13.2 Å². The van der Waals surface area contributed by atoms with Crippen molar-refractivity contribution >= 4 is 40.8 Å². The van der Waals surface area contributed by atoms with Crippen LogP contribution < -0.4 is 0 Å². The molecular weight excluding hydrogens is 504 g/mol. The smallest absolute Gasteiger partial charge is 0.601 e. The molecule has 4 rings (SSSR count). The van der Waals surface area contributed by atoms with Gasteiger partial charge in [0.2, 0.25) is 0 Å². The van der Waals surface area contributed by atoms with Gasteiger partial charge in [-0.3, -0.25) is 0 Å². The van der Waals surface area contributed by atoms with Crippen LogP contribution in [0.1, 0.15) is 0 Å². The van der Waals surface area contributed by atoms with Crippen molar-refractivity contribution in [3.05, 3.63) is 72.3 Å². The van der Waals surface area contributed by atoms with E-state index in [1.165, 1.54) is 36.4 Å². The largest absolute Gasteiger partial charge is 0.741 e. The molecule has 1 heterocycles. The zero-order valence-electron chi connectivity index (χ0n) is 15.8. The number of alkyl halides is 6. The fraction of sp³-hybridized carbons (Fsp3) is 0.100. The fourth-order valence-corrected chi connectivity index (χ4v) is 5.09. The van der Waals surface area contributed by atoms with Gasteiger partial charge in [-0.1, -0.05) is 30.3 Å². The van der Waals surface area contributed by atoms with Gasteiger partial charge in [0.05, 0.1) is 10.8 Å². The minimum atomic E-state index is -6.09. The quantitative estimate of drug-likeness (QED) is 0.117. The second kappa shape index (κ2) is 8.54. The van der Waals surface area contributed by atoms with Gasteiger partial charge in [0.25, 0.3) is 0 Å². The molecule has 0 spiro atoms. The summed E-state index contributed by atoms with van der Waals surface area (Å²) in [7, 11) is -8.27. The van der Waals surface area contributed by atoms with Crippen molar-refractivity contribution in [1.29, 1.82) is 0 Å². The van der Waals surface area contributed by atoms with Crippen LogP contribution in [-0.4, -0.2) is 18.5 Å². The Labute approximate surface area is 183 Å². The molecule has 0 aliphatic carbocycles. The van der Waals surface area contributed by atoms with Gasteiger partial charge in [0, 0.05) is 11.6 Å². The Morgan fingerprint density at radius 2 is 1.33 bits per heavy atom. The number of thiophene rings is 1. The van der Waals surface area contributed by atoms with Gasteiger partial charge in [-0.05, 0) is 29.8 Å². The van der Waals surface area contributed by atoms with Crippen LogP contribution in [0.3, 0.4) is 0 Å². The lowest BCUT2D eigenvalue weighted by Crippen LogP contribution is -2.21. The number of fused-ring (bicyclic) bond motifs is 3. The van der Waals surface area contributed by atoms with Crippen molar-refractivity contribution in [3.8, 4) is 11.1 Å². The van der Waals surface area contributed by atoms with Crippen molar-refractivity contribution in [2.75, 3.05) is 0 Å². The van der Waals surface area contributed by atoms with Crippen LogP contribution in [0, 0.1) is 11.6 Å². The molecule has 3 aromatic carbocycles. The van der Waals surface area contributed by atoms with Crippen LogP contribution >= 0.6 is 10.5 Å². The average molecular weight is 514 g/mol. The normalized spacial score (nSPS) is 13.2. The van der Waals surface area contributed by atoms with Gasteiger partial charge < -0.3 is 4.55 Å². The Bertz CT molecular complexity index is 1440. The molecule has 0 bridgehead atoms. The summed E-state index contributed by atoms with van der Waals surface area (Å²) < 4.78 is 128. The molecule has 1 unspecified atom stereocenters. The summed E-state index contributed by atoms with van der Waals surface area (Å²) in [4.78, 5) is 0. The number of benzene rings is 3. The first-order valence-electron chi connectivity index (χ1n) is 8.64. The van der Waals surface area contributed by atoms with Gasteiger partial charge in [-0.25, -0.2) is 17.2 Å². The first-order chi connectivity index (χ1) is 15.1. The molecule has 0 radical (unpaired) electrons. The Kier molecular flexibility index (Phi) is 6.43. The maximum absolute atomic E-state index is 14.2. The summed E-state index contributed by atoms with van der Waals surface area (Å²) in [5, 5.41) is 0.428. The number of hydrogen-bond donors (Lipinski definition) is 0. The van der Waals surface area contributed by atoms with E-state index in [9.17, 15) is 35.1 Å². The van der Waals surface area contributed by atoms with E-state index in [-0.39, 0.29) is 25.7 Å². The van der Waals surface area contributed by atoms with Crippen LogP contribution in [-0.2, 0) is 15.6 Å². The van der Waals surface area contributed by atoms with E-state index in [1.807, 2.05) is 0 Å². The fourth-order valence-electron chi connectivity index (χ4n) is 3.13. The molecule has 33 heavy (non-hydrogen) atoms. The topological polar surface area (TPSA) is 57.2 Å². The second-order valence-electron chi connectivity index (χ2n) is 6.45. The minimum absolute atomic E-state index is 0.0210. The van der Waals surface area contributed by atoms with E-state index >= 15 is 0 Å². The molecule has 0 saturated heterocycles. The molecule has 13 heteroatoms. The Morgan fingerprint density at radius 1 is 0.758 bits per heavy atom. The Morgan fingerprint density at radius 3 is 1.88 bits per heavy atom. The zero-order valence-corrected chi connectivity index (χ0v) is 17.5. The standard InChI is InChI=1S/C19H10F5S.CHF3O3S/c20-11-8-9-16-14(10-11)18-13(12-4-1-2-6-15(12)21)5-3-7-17(18)25(16)19(22,23)24;2-1(3,4)8(5,6)7/h1-10H;(H,5,6,7)/q+1;/p-1. The first kappa shape index (κ1) is 24.9. The third-order valence-corrected chi connectivity index (χ3v) is 6.96. The van der Waals surface area contributed by atoms with Crippen molar-refractivity contribution in [1.82, 2.24) is 0 Å². The van der Waals surface area contributed by atoms with Crippen molar-refractivity contribution in [3.63, 3.8) is 0 Å². The van der Waals surface area contributed by atoms with Crippen LogP contribution in [0.25, 0.3) is 31.3 Å². The lowest BCUT2D eigenvalue weighted by Gasteiger charge is -2.08. The summed E-state index contributed by atoms with van der Waals surface area (Å²) >= 11 is 0. The Hall–Kier alpha value is -2.77. The summed E-state index contributed by atoms with van der Waals surface area (Å²) in [6, 6.07) is 13.6. The predicted octanol–water partition coefficient (Wildman–Crippen LogP) is 7.22. The number of rotatable bonds is 1. The molecule has 1 atom stereocenters. The second-order valence-corrected chi connectivity index (χ2v) is 9.78. The molecule has 0 N–H and O–H groups in total. The highest BCUT2D eigenvalue weighted by Gasteiger charge is 2.48. The molecule has 0 saturated carbocycles. The van der Waals surface area contributed by atoms with Crippen molar-refractivity contribution in [2.24, 2.45) is 0 Å². The lowest BCUT2D eigenvalue weighted by atomic mass is 9.99. The van der Waals surface area contributed by atoms with E-state index in [4.69, 9.17) is 13.0 Å². The van der Waals surface area contributed by atoms with Crippen LogP contribution in [0.4, 0.5) is 35.1 Å². The maximum Gasteiger partial charge on any atom is 0.601 e. The lowest BCUT2D eigenvalue weighted by molar-refractivity contribution is -0.0862. The maximum atomic E-state index is 14.2. The average Bonchev–Trinajstić information content (AvgIpc) is 3.01. The van der Waals surface area contributed by atoms with Crippen LogP contribution in [0.15, 0.2) is 60.7 Å². The molecule has 0 aliphatic heterocycles. The SMILES string of the molecule is Fc1ccc2c(c1)c1c(-c3ccccc3F)cccc1[s+]2C(F)(F)F.O=S(=O)([O-])C(F)(F)F. The Balaban J connectivity index is 0.000000331. The molecule has 4 aromatic rings. The summed E-state index contributed by atoms with van der Waals surface area (Å²) in [6.45, 7) is 0. The van der Waals surface area contributed by atoms with Crippen LogP contribution in [0.5, 0.6) is 0 Å². The minimum Gasteiger partial charge on any atom is -0.741 e. The van der Waals surface area contributed by atoms with Gasteiger partial charge in [0.15, 0.2) is 19.5 Å². The molecule has 0 amide bonds. The third kappa shape index (κ3) is 4.94. The summed E-state index contributed by atoms with van der Waals surface area (Å²) in [5.74, 6) is -1.16. The number of halogens is 8.